The highest BCUT2D eigenvalue weighted by molar-refractivity contribution is 6.35. The van der Waals surface area contributed by atoms with Crippen molar-refractivity contribution in [1.29, 1.82) is 0 Å². The van der Waals surface area contributed by atoms with E-state index in [1.165, 1.54) is 43.4 Å². The van der Waals surface area contributed by atoms with Gasteiger partial charge >= 0.3 is 0 Å². The SMILES string of the molecule is c1cc2cc3ccc4c5ccccc5c4c3c-2c1. The van der Waals surface area contributed by atoms with Gasteiger partial charge in [0.25, 0.3) is 0 Å². The van der Waals surface area contributed by atoms with Crippen LogP contribution in [0, 0.1) is 0 Å². The summed E-state index contributed by atoms with van der Waals surface area (Å²) in [6.45, 7) is 0. The molecule has 0 aromatic heterocycles. The summed E-state index contributed by atoms with van der Waals surface area (Å²) in [5.41, 5.74) is 2.76. The van der Waals surface area contributed by atoms with Crippen molar-refractivity contribution in [1.82, 2.24) is 0 Å². The predicted molar refractivity (Wildman–Crippen MR) is 78.0 cm³/mol. The lowest BCUT2D eigenvalue weighted by Gasteiger charge is -2.13. The maximum Gasteiger partial charge on any atom is -0.00141 e. The molecule has 0 spiro atoms. The molecule has 2 aliphatic carbocycles. The van der Waals surface area contributed by atoms with Crippen molar-refractivity contribution < 1.29 is 0 Å². The third kappa shape index (κ3) is 0.820. The Bertz CT molecular complexity index is 947. The Balaban J connectivity index is 2.13. The molecule has 0 aliphatic heterocycles. The van der Waals surface area contributed by atoms with Crippen LogP contribution in [0.2, 0.25) is 0 Å². The standard InChI is InChI=1S/C18H10/c1-2-6-15-14(5-1)16-9-8-12-10-11-4-3-7-13(11)17(12)18(15)16/h1-10H. The third-order valence-corrected chi connectivity index (χ3v) is 4.15. The molecule has 3 aromatic rings. The third-order valence-electron chi connectivity index (χ3n) is 4.15. The Hall–Kier alpha value is -2.34. The molecular formula is C18H10. The molecule has 3 aromatic carbocycles. The van der Waals surface area contributed by atoms with E-state index in [1.807, 2.05) is 0 Å². The fourth-order valence-corrected chi connectivity index (χ4v) is 3.36. The summed E-state index contributed by atoms with van der Waals surface area (Å²) in [5.74, 6) is 0. The number of hydrogen-bond donors (Lipinski definition) is 0. The van der Waals surface area contributed by atoms with Crippen LogP contribution in [-0.2, 0) is 0 Å². The molecule has 18 heavy (non-hydrogen) atoms. The summed E-state index contributed by atoms with van der Waals surface area (Å²) in [6.07, 6.45) is 0. The summed E-state index contributed by atoms with van der Waals surface area (Å²) >= 11 is 0. The molecule has 0 saturated heterocycles. The second kappa shape index (κ2) is 2.73. The fourth-order valence-electron chi connectivity index (χ4n) is 3.36. The molecule has 0 atom stereocenters. The van der Waals surface area contributed by atoms with Gasteiger partial charge in [0.2, 0.25) is 0 Å². The van der Waals surface area contributed by atoms with E-state index < -0.39 is 0 Å². The first kappa shape index (κ1) is 8.71. The summed E-state index contributed by atoms with van der Waals surface area (Å²) in [5, 5.41) is 8.47. The maximum absolute atomic E-state index is 2.30. The van der Waals surface area contributed by atoms with Crippen molar-refractivity contribution in [2.45, 2.75) is 0 Å². The lowest BCUT2D eigenvalue weighted by molar-refractivity contribution is 1.81. The summed E-state index contributed by atoms with van der Waals surface area (Å²) < 4.78 is 0. The van der Waals surface area contributed by atoms with Gasteiger partial charge in [0.05, 0.1) is 0 Å². The minimum atomic E-state index is 1.36. The van der Waals surface area contributed by atoms with Gasteiger partial charge in [-0.1, -0.05) is 54.6 Å². The first-order chi connectivity index (χ1) is 8.93. The molecule has 0 fully saturated rings. The highest BCUT2D eigenvalue weighted by Crippen LogP contribution is 2.45. The van der Waals surface area contributed by atoms with Crippen LogP contribution in [0.3, 0.4) is 0 Å². The van der Waals surface area contributed by atoms with Gasteiger partial charge in [-0.2, -0.15) is 0 Å². The van der Waals surface area contributed by atoms with Gasteiger partial charge in [0.15, 0.2) is 0 Å². The average molecular weight is 226 g/mol. The molecule has 2 aliphatic rings. The Labute approximate surface area is 104 Å². The molecule has 5 rings (SSSR count). The summed E-state index contributed by atoms with van der Waals surface area (Å²) in [7, 11) is 0. The highest BCUT2D eigenvalue weighted by Gasteiger charge is 2.17. The van der Waals surface area contributed by atoms with Crippen LogP contribution in [0.5, 0.6) is 0 Å². The van der Waals surface area contributed by atoms with Crippen molar-refractivity contribution in [3.63, 3.8) is 0 Å². The molecule has 0 radical (unpaired) electrons. The molecule has 82 valence electrons. The molecule has 0 unspecified atom stereocenters. The van der Waals surface area contributed by atoms with Crippen LogP contribution in [0.25, 0.3) is 43.4 Å². The van der Waals surface area contributed by atoms with E-state index >= 15 is 0 Å². The topological polar surface area (TPSA) is 0 Å². The largest absolute Gasteiger partial charge is 0.0616 e. The Kier molecular flexibility index (Phi) is 1.32. The van der Waals surface area contributed by atoms with Crippen LogP contribution in [0.4, 0.5) is 0 Å². The number of rotatable bonds is 0. The van der Waals surface area contributed by atoms with E-state index in [0.717, 1.165) is 0 Å². The van der Waals surface area contributed by atoms with Crippen molar-refractivity contribution in [3.8, 4) is 11.1 Å². The zero-order valence-electron chi connectivity index (χ0n) is 9.77. The van der Waals surface area contributed by atoms with Gasteiger partial charge in [-0.25, -0.2) is 0 Å². The van der Waals surface area contributed by atoms with Gasteiger partial charge in [-0.15, -0.1) is 0 Å². The van der Waals surface area contributed by atoms with E-state index in [-0.39, 0.29) is 0 Å². The van der Waals surface area contributed by atoms with Crippen LogP contribution in [-0.4, -0.2) is 0 Å². The minimum absolute atomic E-state index is 1.36. The van der Waals surface area contributed by atoms with Crippen LogP contribution < -0.4 is 0 Å². The lowest BCUT2D eigenvalue weighted by atomic mass is 9.90. The molecule has 0 heteroatoms. The second-order valence-electron chi connectivity index (χ2n) is 5.04. The first-order valence-electron chi connectivity index (χ1n) is 6.31. The van der Waals surface area contributed by atoms with Crippen LogP contribution in [0.15, 0.2) is 60.7 Å². The van der Waals surface area contributed by atoms with E-state index in [1.54, 1.807) is 0 Å². The molecular weight excluding hydrogens is 216 g/mol. The van der Waals surface area contributed by atoms with Gasteiger partial charge < -0.3 is 0 Å². The molecule has 0 saturated carbocycles. The predicted octanol–water partition coefficient (Wildman–Crippen LogP) is 5.13. The maximum atomic E-state index is 2.30. The van der Waals surface area contributed by atoms with Crippen molar-refractivity contribution in [2.75, 3.05) is 0 Å². The summed E-state index contributed by atoms with van der Waals surface area (Å²) in [6, 6.07) is 22.1. The normalized spacial score (nSPS) is 12.4. The number of benzene rings is 2. The highest BCUT2D eigenvalue weighted by atomic mass is 14.2. The van der Waals surface area contributed by atoms with E-state index in [4.69, 9.17) is 0 Å². The number of fused-ring (bicyclic) bond motifs is 8. The van der Waals surface area contributed by atoms with Crippen molar-refractivity contribution in [2.24, 2.45) is 0 Å². The molecule has 0 amide bonds. The second-order valence-corrected chi connectivity index (χ2v) is 5.04. The zero-order valence-corrected chi connectivity index (χ0v) is 9.77. The van der Waals surface area contributed by atoms with E-state index in [9.17, 15) is 0 Å². The fraction of sp³-hybridized carbons (Fsp3) is 0. The number of hydrogen-bond acceptors (Lipinski definition) is 0. The van der Waals surface area contributed by atoms with Crippen molar-refractivity contribution >= 4 is 32.3 Å². The van der Waals surface area contributed by atoms with E-state index in [2.05, 4.69) is 60.7 Å². The van der Waals surface area contributed by atoms with Gasteiger partial charge in [-0.3, -0.25) is 0 Å². The Morgan fingerprint density at radius 3 is 2.33 bits per heavy atom. The molecule has 0 bridgehead atoms. The molecule has 0 nitrogen and oxygen atoms in total. The van der Waals surface area contributed by atoms with Gasteiger partial charge in [-0.05, 0) is 49.5 Å². The Morgan fingerprint density at radius 1 is 0.556 bits per heavy atom. The molecule has 0 N–H and O–H groups in total. The summed E-state index contributed by atoms with van der Waals surface area (Å²) in [4.78, 5) is 0. The smallest absolute Gasteiger partial charge is 0.00141 e. The zero-order chi connectivity index (χ0) is 11.7. The van der Waals surface area contributed by atoms with Crippen LogP contribution >= 0.6 is 0 Å². The van der Waals surface area contributed by atoms with Crippen molar-refractivity contribution in [3.05, 3.63) is 60.7 Å². The monoisotopic (exact) mass is 226 g/mol. The van der Waals surface area contributed by atoms with Gasteiger partial charge in [0, 0.05) is 0 Å². The Morgan fingerprint density at radius 2 is 1.39 bits per heavy atom. The molecule has 0 heterocycles. The lowest BCUT2D eigenvalue weighted by Crippen LogP contribution is -1.84. The van der Waals surface area contributed by atoms with Gasteiger partial charge in [0.1, 0.15) is 0 Å². The average Bonchev–Trinajstić information content (AvgIpc) is 2.95. The quantitative estimate of drug-likeness (QED) is 0.343. The first-order valence-corrected chi connectivity index (χ1v) is 6.31. The van der Waals surface area contributed by atoms with E-state index in [0.29, 0.717) is 0 Å². The minimum Gasteiger partial charge on any atom is -0.0616 e. The van der Waals surface area contributed by atoms with Crippen LogP contribution in [0.1, 0.15) is 0 Å².